The van der Waals surface area contributed by atoms with Crippen LogP contribution in [0.25, 0.3) is 0 Å². The normalized spacial score (nSPS) is 19.8. The number of ketones is 1. The Kier molecular flexibility index (Phi) is 5.59. The molecule has 0 radical (unpaired) electrons. The number of likely N-dealkylation sites (tertiary alicyclic amines) is 1. The highest BCUT2D eigenvalue weighted by atomic mass is 16.6. The van der Waals surface area contributed by atoms with Crippen molar-refractivity contribution in [2.75, 3.05) is 6.54 Å². The van der Waals surface area contributed by atoms with Gasteiger partial charge in [-0.1, -0.05) is 0 Å². The van der Waals surface area contributed by atoms with Gasteiger partial charge in [-0.05, 0) is 41.5 Å². The lowest BCUT2D eigenvalue weighted by Gasteiger charge is -2.36. The summed E-state index contributed by atoms with van der Waals surface area (Å²) in [5, 5.41) is 0. The molecule has 1 saturated heterocycles. The van der Waals surface area contributed by atoms with Gasteiger partial charge in [0.05, 0.1) is 12.5 Å². The van der Waals surface area contributed by atoms with E-state index in [4.69, 9.17) is 9.47 Å². The number of Topliss-reactive ketones (excluding diaryl/α,β-unsaturated/α-hetero) is 1. The lowest BCUT2D eigenvalue weighted by molar-refractivity contribution is -0.156. The Balaban J connectivity index is 2.75. The van der Waals surface area contributed by atoms with E-state index in [9.17, 15) is 14.4 Å². The number of rotatable bonds is 2. The van der Waals surface area contributed by atoms with E-state index in [0.717, 1.165) is 0 Å². The van der Waals surface area contributed by atoms with Crippen LogP contribution in [0.2, 0.25) is 0 Å². The summed E-state index contributed by atoms with van der Waals surface area (Å²) in [6.45, 7) is 11.0. The zero-order chi connectivity index (χ0) is 17.1. The van der Waals surface area contributed by atoms with Crippen molar-refractivity contribution in [3.63, 3.8) is 0 Å². The number of piperidine rings is 1. The first-order valence-corrected chi connectivity index (χ1v) is 7.60. The third kappa shape index (κ3) is 6.45. The van der Waals surface area contributed by atoms with E-state index in [-0.39, 0.29) is 25.2 Å². The summed E-state index contributed by atoms with van der Waals surface area (Å²) in [6.07, 6.45) is -0.0290. The predicted octanol–water partition coefficient (Wildman–Crippen LogP) is 2.69. The average molecular weight is 313 g/mol. The number of esters is 1. The van der Waals surface area contributed by atoms with Gasteiger partial charge in [-0.15, -0.1) is 0 Å². The summed E-state index contributed by atoms with van der Waals surface area (Å²) in [7, 11) is 0. The van der Waals surface area contributed by atoms with Crippen LogP contribution in [0.5, 0.6) is 0 Å². The Bertz CT molecular complexity index is 444. The Morgan fingerprint density at radius 2 is 1.64 bits per heavy atom. The van der Waals surface area contributed by atoms with Crippen LogP contribution in [0.15, 0.2) is 0 Å². The lowest BCUT2D eigenvalue weighted by Crippen LogP contribution is -2.49. The minimum Gasteiger partial charge on any atom is -0.460 e. The number of nitrogens with zero attached hydrogens (tertiary/aromatic N) is 1. The summed E-state index contributed by atoms with van der Waals surface area (Å²) in [6, 6.07) is -0.494. The van der Waals surface area contributed by atoms with Crippen molar-refractivity contribution in [3.8, 4) is 0 Å². The molecule has 22 heavy (non-hydrogen) atoms. The Labute approximate surface area is 132 Å². The molecule has 1 aliphatic heterocycles. The summed E-state index contributed by atoms with van der Waals surface area (Å²) in [4.78, 5) is 37.3. The molecule has 0 aromatic carbocycles. The predicted molar refractivity (Wildman–Crippen MR) is 81.4 cm³/mol. The highest BCUT2D eigenvalue weighted by Crippen LogP contribution is 2.22. The first kappa shape index (κ1) is 18.5. The van der Waals surface area contributed by atoms with Crippen molar-refractivity contribution >= 4 is 17.8 Å². The maximum absolute atomic E-state index is 12.2. The standard InChI is InChI=1S/C16H27NO5/c1-15(2,3)21-13(19)10-11-9-12(18)7-8-17(11)14(20)22-16(4,5)6/h11H,7-10H2,1-6H3/t11-/m1/s1. The van der Waals surface area contributed by atoms with Gasteiger partial charge in [0.25, 0.3) is 0 Å². The van der Waals surface area contributed by atoms with Gasteiger partial charge in [-0.25, -0.2) is 4.79 Å². The molecule has 1 heterocycles. The van der Waals surface area contributed by atoms with Crippen LogP contribution in [0.4, 0.5) is 4.79 Å². The molecular formula is C16H27NO5. The zero-order valence-electron chi connectivity index (χ0n) is 14.4. The second-order valence-corrected chi connectivity index (χ2v) is 7.61. The van der Waals surface area contributed by atoms with Crippen molar-refractivity contribution < 1.29 is 23.9 Å². The van der Waals surface area contributed by atoms with Gasteiger partial charge in [0.2, 0.25) is 0 Å². The molecule has 0 spiro atoms. The topological polar surface area (TPSA) is 72.9 Å². The third-order valence-corrected chi connectivity index (χ3v) is 2.99. The molecule has 1 amide bonds. The van der Waals surface area contributed by atoms with Crippen LogP contribution in [-0.4, -0.2) is 46.5 Å². The molecule has 0 saturated carbocycles. The van der Waals surface area contributed by atoms with Gasteiger partial charge in [-0.2, -0.15) is 0 Å². The van der Waals surface area contributed by atoms with Gasteiger partial charge < -0.3 is 14.4 Å². The highest BCUT2D eigenvalue weighted by Gasteiger charge is 2.35. The van der Waals surface area contributed by atoms with Crippen LogP contribution < -0.4 is 0 Å². The molecular weight excluding hydrogens is 286 g/mol. The average Bonchev–Trinajstić information content (AvgIpc) is 2.23. The van der Waals surface area contributed by atoms with Crippen molar-refractivity contribution in [3.05, 3.63) is 0 Å². The molecule has 0 bridgehead atoms. The van der Waals surface area contributed by atoms with E-state index < -0.39 is 29.3 Å². The fraction of sp³-hybridized carbons (Fsp3) is 0.812. The molecule has 0 N–H and O–H groups in total. The van der Waals surface area contributed by atoms with Crippen molar-refractivity contribution in [2.45, 2.75) is 78.0 Å². The third-order valence-electron chi connectivity index (χ3n) is 2.99. The molecule has 0 unspecified atom stereocenters. The number of hydrogen-bond donors (Lipinski definition) is 0. The monoisotopic (exact) mass is 313 g/mol. The molecule has 6 nitrogen and oxygen atoms in total. The zero-order valence-corrected chi connectivity index (χ0v) is 14.4. The number of amides is 1. The van der Waals surface area contributed by atoms with Crippen LogP contribution in [-0.2, 0) is 19.1 Å². The summed E-state index contributed by atoms with van der Waals surface area (Å²) in [5.74, 6) is -0.367. The summed E-state index contributed by atoms with van der Waals surface area (Å²) >= 11 is 0. The lowest BCUT2D eigenvalue weighted by atomic mass is 9.98. The largest absolute Gasteiger partial charge is 0.460 e. The summed E-state index contributed by atoms with van der Waals surface area (Å²) in [5.41, 5.74) is -1.21. The second-order valence-electron chi connectivity index (χ2n) is 7.61. The Morgan fingerprint density at radius 3 is 2.14 bits per heavy atom. The molecule has 1 fully saturated rings. The molecule has 0 aliphatic carbocycles. The smallest absolute Gasteiger partial charge is 0.410 e. The van der Waals surface area contributed by atoms with E-state index in [1.165, 1.54) is 4.90 Å². The van der Waals surface area contributed by atoms with E-state index >= 15 is 0 Å². The van der Waals surface area contributed by atoms with Crippen molar-refractivity contribution in [1.29, 1.82) is 0 Å². The maximum atomic E-state index is 12.2. The number of carbonyl (C=O) groups is 3. The van der Waals surface area contributed by atoms with Gasteiger partial charge in [0.1, 0.15) is 17.0 Å². The van der Waals surface area contributed by atoms with Crippen molar-refractivity contribution in [1.82, 2.24) is 4.90 Å². The first-order valence-electron chi connectivity index (χ1n) is 7.60. The maximum Gasteiger partial charge on any atom is 0.410 e. The van der Waals surface area contributed by atoms with Gasteiger partial charge in [-0.3, -0.25) is 9.59 Å². The number of ether oxygens (including phenoxy) is 2. The minimum absolute atomic E-state index is 0.00223. The Morgan fingerprint density at radius 1 is 1.09 bits per heavy atom. The molecule has 0 aromatic rings. The molecule has 1 atom stereocenters. The van der Waals surface area contributed by atoms with Crippen LogP contribution >= 0.6 is 0 Å². The molecule has 0 aromatic heterocycles. The molecule has 1 rings (SSSR count). The molecule has 126 valence electrons. The number of hydrogen-bond acceptors (Lipinski definition) is 5. The van der Waals surface area contributed by atoms with Gasteiger partial charge in [0.15, 0.2) is 0 Å². The minimum atomic E-state index is -0.616. The van der Waals surface area contributed by atoms with Crippen LogP contribution in [0.1, 0.15) is 60.8 Å². The number of carbonyl (C=O) groups excluding carboxylic acids is 3. The second kappa shape index (κ2) is 6.67. The highest BCUT2D eigenvalue weighted by molar-refractivity contribution is 5.83. The van der Waals surface area contributed by atoms with Gasteiger partial charge in [0, 0.05) is 19.4 Å². The van der Waals surface area contributed by atoms with E-state index in [0.29, 0.717) is 6.42 Å². The van der Waals surface area contributed by atoms with Gasteiger partial charge >= 0.3 is 12.1 Å². The van der Waals surface area contributed by atoms with E-state index in [1.54, 1.807) is 41.5 Å². The molecule has 6 heteroatoms. The SMILES string of the molecule is CC(C)(C)OC(=O)C[C@H]1CC(=O)CCN1C(=O)OC(C)(C)C. The Hall–Kier alpha value is -1.59. The van der Waals surface area contributed by atoms with Crippen molar-refractivity contribution in [2.24, 2.45) is 0 Å². The fourth-order valence-electron chi connectivity index (χ4n) is 2.22. The molecule has 1 aliphatic rings. The van der Waals surface area contributed by atoms with Crippen LogP contribution in [0.3, 0.4) is 0 Å². The van der Waals surface area contributed by atoms with E-state index in [2.05, 4.69) is 0 Å². The van der Waals surface area contributed by atoms with E-state index in [1.807, 2.05) is 0 Å². The quantitative estimate of drug-likeness (QED) is 0.733. The first-order chi connectivity index (χ1) is 9.87. The van der Waals surface area contributed by atoms with Crippen LogP contribution in [0, 0.1) is 0 Å². The summed E-state index contributed by atoms with van der Waals surface area (Å²) < 4.78 is 10.6. The fourth-order valence-corrected chi connectivity index (χ4v) is 2.22.